The Morgan fingerprint density at radius 3 is 2.93 bits per heavy atom. The summed E-state index contributed by atoms with van der Waals surface area (Å²) in [5, 5.41) is 3.48. The number of fused-ring (bicyclic) bond motifs is 1. The molecule has 2 fully saturated rings. The predicted octanol–water partition coefficient (Wildman–Crippen LogP) is -0.632. The molecule has 1 N–H and O–H groups in total. The quantitative estimate of drug-likeness (QED) is 0.640. The predicted molar refractivity (Wildman–Crippen MR) is 55.0 cm³/mol. The van der Waals surface area contributed by atoms with Crippen LogP contribution in [0.4, 0.5) is 0 Å². The second kappa shape index (κ2) is 3.87. The number of likely N-dealkylation sites (tertiary alicyclic amines) is 1. The van der Waals surface area contributed by atoms with Crippen molar-refractivity contribution >= 4 is 5.91 Å². The summed E-state index contributed by atoms with van der Waals surface area (Å²) in [6.45, 7) is 3.88. The highest BCUT2D eigenvalue weighted by Gasteiger charge is 2.36. The standard InChI is InChI=1S/C10H19N3O/c1-12(2)10(14)7-13-5-8-3-4-11-9(8)6-13/h8-9,11H,3-7H2,1-2H3/t8-,9+/m1/s1. The van der Waals surface area contributed by atoms with E-state index in [0.29, 0.717) is 12.6 Å². The van der Waals surface area contributed by atoms with Crippen LogP contribution in [0.1, 0.15) is 6.42 Å². The van der Waals surface area contributed by atoms with Gasteiger partial charge in [-0.05, 0) is 18.9 Å². The number of nitrogens with one attached hydrogen (secondary N) is 1. The zero-order chi connectivity index (χ0) is 10.1. The maximum Gasteiger partial charge on any atom is 0.236 e. The van der Waals surface area contributed by atoms with Crippen molar-refractivity contribution in [3.8, 4) is 0 Å². The fraction of sp³-hybridized carbons (Fsp3) is 0.900. The summed E-state index contributed by atoms with van der Waals surface area (Å²) in [4.78, 5) is 15.4. The molecule has 80 valence electrons. The third kappa shape index (κ3) is 1.91. The molecule has 0 unspecified atom stereocenters. The number of hydrogen-bond donors (Lipinski definition) is 1. The Morgan fingerprint density at radius 2 is 2.29 bits per heavy atom. The van der Waals surface area contributed by atoms with E-state index in [0.717, 1.165) is 25.6 Å². The number of carbonyl (C=O) groups is 1. The van der Waals surface area contributed by atoms with Gasteiger partial charge < -0.3 is 10.2 Å². The van der Waals surface area contributed by atoms with Crippen LogP contribution in [0, 0.1) is 5.92 Å². The topological polar surface area (TPSA) is 35.6 Å². The second-order valence-corrected chi connectivity index (χ2v) is 4.59. The van der Waals surface area contributed by atoms with Gasteiger partial charge in [-0.25, -0.2) is 0 Å². The van der Waals surface area contributed by atoms with Crippen LogP contribution in [0.25, 0.3) is 0 Å². The summed E-state index contributed by atoms with van der Waals surface area (Å²) in [5.41, 5.74) is 0. The first kappa shape index (κ1) is 9.93. The van der Waals surface area contributed by atoms with Crippen LogP contribution in [-0.4, -0.2) is 62.0 Å². The fourth-order valence-corrected chi connectivity index (χ4v) is 2.40. The van der Waals surface area contributed by atoms with Gasteiger partial charge in [-0.2, -0.15) is 0 Å². The van der Waals surface area contributed by atoms with E-state index in [1.807, 2.05) is 14.1 Å². The second-order valence-electron chi connectivity index (χ2n) is 4.59. The van der Waals surface area contributed by atoms with E-state index < -0.39 is 0 Å². The molecule has 2 aliphatic heterocycles. The van der Waals surface area contributed by atoms with E-state index >= 15 is 0 Å². The smallest absolute Gasteiger partial charge is 0.236 e. The van der Waals surface area contributed by atoms with Crippen molar-refractivity contribution in [1.82, 2.24) is 15.1 Å². The number of rotatable bonds is 2. The van der Waals surface area contributed by atoms with E-state index in [1.165, 1.54) is 6.42 Å². The largest absolute Gasteiger partial charge is 0.348 e. The van der Waals surface area contributed by atoms with E-state index in [2.05, 4.69) is 10.2 Å². The molecule has 2 heterocycles. The lowest BCUT2D eigenvalue weighted by Gasteiger charge is -2.18. The Kier molecular flexibility index (Phi) is 2.74. The van der Waals surface area contributed by atoms with E-state index in [1.54, 1.807) is 4.90 Å². The molecule has 0 radical (unpaired) electrons. The van der Waals surface area contributed by atoms with Gasteiger partial charge in [0.15, 0.2) is 0 Å². The van der Waals surface area contributed by atoms with Crippen LogP contribution in [0.5, 0.6) is 0 Å². The van der Waals surface area contributed by atoms with E-state index in [9.17, 15) is 4.79 Å². The maximum atomic E-state index is 11.5. The molecule has 2 rings (SSSR count). The lowest BCUT2D eigenvalue weighted by atomic mass is 10.1. The van der Waals surface area contributed by atoms with Crippen LogP contribution < -0.4 is 5.32 Å². The van der Waals surface area contributed by atoms with Gasteiger partial charge >= 0.3 is 0 Å². The average molecular weight is 197 g/mol. The minimum absolute atomic E-state index is 0.213. The van der Waals surface area contributed by atoms with Crippen LogP contribution in [0.15, 0.2) is 0 Å². The molecular formula is C10H19N3O. The first-order valence-corrected chi connectivity index (χ1v) is 5.32. The fourth-order valence-electron chi connectivity index (χ4n) is 2.40. The van der Waals surface area contributed by atoms with Crippen molar-refractivity contribution in [2.45, 2.75) is 12.5 Å². The first-order chi connectivity index (χ1) is 6.66. The molecule has 2 atom stereocenters. The van der Waals surface area contributed by atoms with Gasteiger partial charge in [0.1, 0.15) is 0 Å². The van der Waals surface area contributed by atoms with Gasteiger partial charge in [-0.15, -0.1) is 0 Å². The van der Waals surface area contributed by atoms with Gasteiger partial charge in [0.05, 0.1) is 6.54 Å². The van der Waals surface area contributed by atoms with Gasteiger partial charge in [0, 0.05) is 33.2 Å². The molecule has 14 heavy (non-hydrogen) atoms. The Bertz CT molecular complexity index is 217. The normalized spacial score (nSPS) is 31.9. The number of amides is 1. The molecule has 2 aliphatic rings. The summed E-state index contributed by atoms with van der Waals surface area (Å²) < 4.78 is 0. The summed E-state index contributed by atoms with van der Waals surface area (Å²) >= 11 is 0. The number of likely N-dealkylation sites (N-methyl/N-ethyl adjacent to an activating group) is 1. The molecule has 0 aromatic rings. The van der Waals surface area contributed by atoms with Gasteiger partial charge in [0.2, 0.25) is 5.91 Å². The SMILES string of the molecule is CN(C)C(=O)CN1C[C@H]2CCN[C@H]2C1. The highest BCUT2D eigenvalue weighted by Crippen LogP contribution is 2.24. The molecule has 0 bridgehead atoms. The Morgan fingerprint density at radius 1 is 1.50 bits per heavy atom. The lowest BCUT2D eigenvalue weighted by molar-refractivity contribution is -0.129. The lowest BCUT2D eigenvalue weighted by Crippen LogP contribution is -2.37. The van der Waals surface area contributed by atoms with Crippen molar-refractivity contribution in [3.05, 3.63) is 0 Å². The highest BCUT2D eigenvalue weighted by atomic mass is 16.2. The molecule has 4 heteroatoms. The molecule has 0 aromatic heterocycles. The number of hydrogen-bond acceptors (Lipinski definition) is 3. The minimum atomic E-state index is 0.213. The average Bonchev–Trinajstić information content (AvgIpc) is 2.63. The van der Waals surface area contributed by atoms with Gasteiger partial charge in [-0.1, -0.05) is 0 Å². The van der Waals surface area contributed by atoms with Crippen LogP contribution in [-0.2, 0) is 4.79 Å². The summed E-state index contributed by atoms with van der Waals surface area (Å²) in [6.07, 6.45) is 1.28. The molecule has 0 aromatic carbocycles. The third-order valence-corrected chi connectivity index (χ3v) is 3.30. The Hall–Kier alpha value is -0.610. The van der Waals surface area contributed by atoms with Gasteiger partial charge in [0.25, 0.3) is 0 Å². The van der Waals surface area contributed by atoms with Gasteiger partial charge in [-0.3, -0.25) is 9.69 Å². The molecule has 4 nitrogen and oxygen atoms in total. The molecule has 0 spiro atoms. The first-order valence-electron chi connectivity index (χ1n) is 5.32. The van der Waals surface area contributed by atoms with Crippen molar-refractivity contribution < 1.29 is 4.79 Å². The molecular weight excluding hydrogens is 178 g/mol. The minimum Gasteiger partial charge on any atom is -0.348 e. The van der Waals surface area contributed by atoms with Crippen LogP contribution in [0.2, 0.25) is 0 Å². The van der Waals surface area contributed by atoms with Crippen LogP contribution in [0.3, 0.4) is 0 Å². The Labute approximate surface area is 85.2 Å². The van der Waals surface area contributed by atoms with Crippen molar-refractivity contribution in [2.24, 2.45) is 5.92 Å². The zero-order valence-corrected chi connectivity index (χ0v) is 8.99. The molecule has 0 saturated carbocycles. The number of carbonyl (C=O) groups excluding carboxylic acids is 1. The summed E-state index contributed by atoms with van der Waals surface area (Å²) in [6, 6.07) is 0.643. The maximum absolute atomic E-state index is 11.5. The summed E-state index contributed by atoms with van der Waals surface area (Å²) in [7, 11) is 3.63. The monoisotopic (exact) mass is 197 g/mol. The molecule has 1 amide bonds. The number of nitrogens with zero attached hydrogens (tertiary/aromatic N) is 2. The third-order valence-electron chi connectivity index (χ3n) is 3.30. The van der Waals surface area contributed by atoms with Crippen molar-refractivity contribution in [2.75, 3.05) is 40.3 Å². The molecule has 2 saturated heterocycles. The van der Waals surface area contributed by atoms with Crippen molar-refractivity contribution in [3.63, 3.8) is 0 Å². The van der Waals surface area contributed by atoms with Crippen LogP contribution >= 0.6 is 0 Å². The Balaban J connectivity index is 1.82. The zero-order valence-electron chi connectivity index (χ0n) is 8.99. The van der Waals surface area contributed by atoms with E-state index in [-0.39, 0.29) is 5.91 Å². The van der Waals surface area contributed by atoms with Crippen molar-refractivity contribution in [1.29, 1.82) is 0 Å². The molecule has 0 aliphatic carbocycles. The summed E-state index contributed by atoms with van der Waals surface area (Å²) in [5.74, 6) is 0.995. The van der Waals surface area contributed by atoms with E-state index in [4.69, 9.17) is 0 Å². The highest BCUT2D eigenvalue weighted by molar-refractivity contribution is 5.77.